The highest BCUT2D eigenvalue weighted by Crippen LogP contribution is 2.22. The summed E-state index contributed by atoms with van der Waals surface area (Å²) < 4.78 is 17.8. The van der Waals surface area contributed by atoms with Crippen molar-refractivity contribution in [3.8, 4) is 0 Å². The minimum absolute atomic E-state index is 0.0400. The second kappa shape index (κ2) is 5.08. The molecule has 2 unspecified atom stereocenters. The zero-order valence-corrected chi connectivity index (χ0v) is 8.40. The molecule has 0 spiro atoms. The topological polar surface area (TPSA) is 29.5 Å². The third-order valence-electron chi connectivity index (χ3n) is 2.16. The lowest BCUT2D eigenvalue weighted by Crippen LogP contribution is -2.14. The summed E-state index contributed by atoms with van der Waals surface area (Å²) in [7, 11) is 1.58. The molecule has 1 rings (SSSR count). The van der Waals surface area contributed by atoms with E-state index < -0.39 is 6.10 Å². The third kappa shape index (κ3) is 2.79. The van der Waals surface area contributed by atoms with Gasteiger partial charge in [0.05, 0.1) is 12.7 Å². The third-order valence-corrected chi connectivity index (χ3v) is 2.16. The number of ether oxygens (including phenoxy) is 1. The van der Waals surface area contributed by atoms with Crippen molar-refractivity contribution < 1.29 is 14.2 Å². The van der Waals surface area contributed by atoms with E-state index in [9.17, 15) is 9.50 Å². The Labute approximate surface area is 83.3 Å². The highest BCUT2D eigenvalue weighted by Gasteiger charge is 2.16. The molecule has 0 saturated heterocycles. The van der Waals surface area contributed by atoms with E-state index in [2.05, 4.69) is 0 Å². The van der Waals surface area contributed by atoms with E-state index in [-0.39, 0.29) is 11.7 Å². The Morgan fingerprint density at radius 1 is 1.50 bits per heavy atom. The molecule has 78 valence electrons. The number of aliphatic hydroxyl groups is 1. The van der Waals surface area contributed by atoms with Crippen molar-refractivity contribution in [3.63, 3.8) is 0 Å². The summed E-state index contributed by atoms with van der Waals surface area (Å²) in [6.07, 6.45) is -0.675. The van der Waals surface area contributed by atoms with Gasteiger partial charge in [-0.15, -0.1) is 0 Å². The molecule has 1 N–H and O–H groups in total. The maximum Gasteiger partial charge on any atom is 0.123 e. The fraction of sp³-hybridized carbons (Fsp3) is 0.455. The molecule has 0 aliphatic heterocycles. The van der Waals surface area contributed by atoms with Crippen LogP contribution in [0.5, 0.6) is 0 Å². The fourth-order valence-electron chi connectivity index (χ4n) is 1.37. The van der Waals surface area contributed by atoms with Gasteiger partial charge in [-0.1, -0.05) is 19.1 Å². The Kier molecular flexibility index (Phi) is 4.04. The van der Waals surface area contributed by atoms with Crippen LogP contribution >= 0.6 is 0 Å². The van der Waals surface area contributed by atoms with Crippen LogP contribution in [0.25, 0.3) is 0 Å². The first-order chi connectivity index (χ1) is 6.65. The first-order valence-corrected chi connectivity index (χ1v) is 4.57. The van der Waals surface area contributed by atoms with Gasteiger partial charge in [0.15, 0.2) is 0 Å². The van der Waals surface area contributed by atoms with E-state index in [1.165, 1.54) is 12.1 Å². The van der Waals surface area contributed by atoms with Crippen molar-refractivity contribution in [2.75, 3.05) is 13.7 Å². The Balaban J connectivity index is 2.73. The molecule has 3 heteroatoms. The Bertz CT molecular complexity index is 288. The average molecular weight is 198 g/mol. The van der Waals surface area contributed by atoms with E-state index in [1.807, 2.05) is 6.92 Å². The molecule has 0 aromatic heterocycles. The van der Waals surface area contributed by atoms with Gasteiger partial charge in [0.25, 0.3) is 0 Å². The van der Waals surface area contributed by atoms with Gasteiger partial charge in [-0.05, 0) is 17.7 Å². The van der Waals surface area contributed by atoms with Crippen LogP contribution in [0, 0.1) is 11.7 Å². The quantitative estimate of drug-likeness (QED) is 0.803. The molecule has 0 saturated carbocycles. The lowest BCUT2D eigenvalue weighted by molar-refractivity contribution is 0.0565. The molecule has 0 aliphatic rings. The predicted molar refractivity (Wildman–Crippen MR) is 52.4 cm³/mol. The van der Waals surface area contributed by atoms with E-state index in [4.69, 9.17) is 4.74 Å². The second-order valence-electron chi connectivity index (χ2n) is 3.43. The molecule has 0 heterocycles. The monoisotopic (exact) mass is 198 g/mol. The van der Waals surface area contributed by atoms with Crippen LogP contribution in [0.4, 0.5) is 4.39 Å². The van der Waals surface area contributed by atoms with Crippen molar-refractivity contribution in [1.29, 1.82) is 0 Å². The fourth-order valence-corrected chi connectivity index (χ4v) is 1.37. The molecule has 1 aromatic rings. The van der Waals surface area contributed by atoms with Gasteiger partial charge in [-0.25, -0.2) is 4.39 Å². The zero-order valence-electron chi connectivity index (χ0n) is 8.40. The SMILES string of the molecule is COCC(C)C(O)c1cccc(F)c1. The Morgan fingerprint density at radius 2 is 2.21 bits per heavy atom. The van der Waals surface area contributed by atoms with E-state index >= 15 is 0 Å². The molecule has 0 fully saturated rings. The number of hydrogen-bond donors (Lipinski definition) is 1. The van der Waals surface area contributed by atoms with Crippen LogP contribution in [-0.2, 0) is 4.74 Å². The maximum absolute atomic E-state index is 12.8. The van der Waals surface area contributed by atoms with Gasteiger partial charge in [0.2, 0.25) is 0 Å². The number of rotatable bonds is 4. The minimum Gasteiger partial charge on any atom is -0.388 e. The van der Waals surface area contributed by atoms with Crippen LogP contribution in [0.3, 0.4) is 0 Å². The van der Waals surface area contributed by atoms with Gasteiger partial charge in [0, 0.05) is 13.0 Å². The van der Waals surface area contributed by atoms with Gasteiger partial charge in [-0.2, -0.15) is 0 Å². The summed E-state index contributed by atoms with van der Waals surface area (Å²) in [4.78, 5) is 0. The maximum atomic E-state index is 12.8. The van der Waals surface area contributed by atoms with Crippen molar-refractivity contribution in [2.45, 2.75) is 13.0 Å². The normalized spacial score (nSPS) is 15.1. The molecule has 2 atom stereocenters. The van der Waals surface area contributed by atoms with E-state index in [0.29, 0.717) is 12.2 Å². The van der Waals surface area contributed by atoms with Crippen molar-refractivity contribution in [3.05, 3.63) is 35.6 Å². The number of hydrogen-bond acceptors (Lipinski definition) is 2. The van der Waals surface area contributed by atoms with Gasteiger partial charge >= 0.3 is 0 Å². The summed E-state index contributed by atoms with van der Waals surface area (Å²) in [6.45, 7) is 2.32. The molecule has 0 aliphatic carbocycles. The molecule has 2 nitrogen and oxygen atoms in total. The summed E-state index contributed by atoms with van der Waals surface area (Å²) in [6, 6.07) is 6.00. The number of benzene rings is 1. The lowest BCUT2D eigenvalue weighted by Gasteiger charge is -2.18. The summed E-state index contributed by atoms with van der Waals surface area (Å²) in [5, 5.41) is 9.80. The van der Waals surface area contributed by atoms with Crippen LogP contribution in [0.2, 0.25) is 0 Å². The largest absolute Gasteiger partial charge is 0.388 e. The van der Waals surface area contributed by atoms with Gasteiger partial charge in [0.1, 0.15) is 5.82 Å². The van der Waals surface area contributed by atoms with Crippen molar-refractivity contribution >= 4 is 0 Å². The first kappa shape index (κ1) is 11.1. The van der Waals surface area contributed by atoms with Crippen LogP contribution < -0.4 is 0 Å². The lowest BCUT2D eigenvalue weighted by atomic mass is 9.98. The van der Waals surface area contributed by atoms with E-state index in [0.717, 1.165) is 0 Å². The number of aliphatic hydroxyl groups excluding tert-OH is 1. The molecule has 0 radical (unpaired) electrons. The summed E-state index contributed by atoms with van der Waals surface area (Å²) in [5.41, 5.74) is 0.592. The highest BCUT2D eigenvalue weighted by molar-refractivity contribution is 5.19. The number of halogens is 1. The smallest absolute Gasteiger partial charge is 0.123 e. The Morgan fingerprint density at radius 3 is 2.79 bits per heavy atom. The van der Waals surface area contributed by atoms with Gasteiger partial charge < -0.3 is 9.84 Å². The molecule has 0 bridgehead atoms. The standard InChI is InChI=1S/C11H15FO2/c1-8(7-14-2)11(13)9-4-3-5-10(12)6-9/h3-6,8,11,13H,7H2,1-2H3. The summed E-state index contributed by atoms with van der Waals surface area (Å²) >= 11 is 0. The van der Waals surface area contributed by atoms with Crippen LogP contribution in [0.15, 0.2) is 24.3 Å². The first-order valence-electron chi connectivity index (χ1n) is 4.57. The average Bonchev–Trinajstić information content (AvgIpc) is 2.17. The molecule has 1 aromatic carbocycles. The Hall–Kier alpha value is -0.930. The zero-order chi connectivity index (χ0) is 10.6. The molecular weight excluding hydrogens is 183 g/mol. The predicted octanol–water partition coefficient (Wildman–Crippen LogP) is 2.14. The number of methoxy groups -OCH3 is 1. The van der Waals surface area contributed by atoms with Gasteiger partial charge in [-0.3, -0.25) is 0 Å². The highest BCUT2D eigenvalue weighted by atomic mass is 19.1. The van der Waals surface area contributed by atoms with Crippen molar-refractivity contribution in [1.82, 2.24) is 0 Å². The van der Waals surface area contributed by atoms with Crippen LogP contribution in [0.1, 0.15) is 18.6 Å². The molecule has 0 amide bonds. The second-order valence-corrected chi connectivity index (χ2v) is 3.43. The van der Waals surface area contributed by atoms with Crippen molar-refractivity contribution in [2.24, 2.45) is 5.92 Å². The minimum atomic E-state index is -0.675. The molecule has 14 heavy (non-hydrogen) atoms. The van der Waals surface area contributed by atoms with Crippen LogP contribution in [-0.4, -0.2) is 18.8 Å². The van der Waals surface area contributed by atoms with E-state index in [1.54, 1.807) is 19.2 Å². The summed E-state index contributed by atoms with van der Waals surface area (Å²) in [5.74, 6) is -0.368. The molecular formula is C11H15FO2.